The van der Waals surface area contributed by atoms with Crippen LogP contribution in [0.3, 0.4) is 0 Å². The maximum atomic E-state index is 10.5. The lowest BCUT2D eigenvalue weighted by Gasteiger charge is -2.02. The summed E-state index contributed by atoms with van der Waals surface area (Å²) in [4.78, 5) is 10.1. The average Bonchev–Trinajstić information content (AvgIpc) is 2.07. The van der Waals surface area contributed by atoms with Crippen molar-refractivity contribution >= 4 is 0 Å². The molecule has 0 aromatic heterocycles. The quantitative estimate of drug-likeness (QED) is 0.389. The van der Waals surface area contributed by atoms with E-state index in [1.54, 1.807) is 24.3 Å². The molecule has 0 amide bonds. The standard InChI is InChI=1S/C9H9NO2/c1-2-9(10(11)12)8-6-4-3-5-7-8/h2-7,9H,1H2. The third-order valence-electron chi connectivity index (χ3n) is 1.59. The molecular weight excluding hydrogens is 154 g/mol. The summed E-state index contributed by atoms with van der Waals surface area (Å²) in [6.45, 7) is 3.42. The maximum Gasteiger partial charge on any atom is 0.256 e. The highest BCUT2D eigenvalue weighted by molar-refractivity contribution is 5.20. The molecule has 0 radical (unpaired) electrons. The van der Waals surface area contributed by atoms with Crippen LogP contribution in [0, 0.1) is 10.1 Å². The molecule has 1 aromatic rings. The molecule has 0 heterocycles. The fourth-order valence-electron chi connectivity index (χ4n) is 0.994. The van der Waals surface area contributed by atoms with Crippen molar-refractivity contribution in [1.82, 2.24) is 0 Å². The Kier molecular flexibility index (Phi) is 2.58. The van der Waals surface area contributed by atoms with Gasteiger partial charge in [0.1, 0.15) is 0 Å². The van der Waals surface area contributed by atoms with Crippen molar-refractivity contribution in [3.63, 3.8) is 0 Å². The highest BCUT2D eigenvalue weighted by Crippen LogP contribution is 2.16. The van der Waals surface area contributed by atoms with Crippen LogP contribution in [0.4, 0.5) is 0 Å². The van der Waals surface area contributed by atoms with Gasteiger partial charge in [0, 0.05) is 10.5 Å². The summed E-state index contributed by atoms with van der Waals surface area (Å²) >= 11 is 0. The minimum absolute atomic E-state index is 0.359. The summed E-state index contributed by atoms with van der Waals surface area (Å²) in [6.07, 6.45) is 1.33. The van der Waals surface area contributed by atoms with Crippen LogP contribution in [0.1, 0.15) is 11.6 Å². The van der Waals surface area contributed by atoms with Crippen LogP contribution in [0.2, 0.25) is 0 Å². The van der Waals surface area contributed by atoms with Gasteiger partial charge in [0.25, 0.3) is 6.04 Å². The Hall–Kier alpha value is -1.64. The van der Waals surface area contributed by atoms with Gasteiger partial charge in [0.2, 0.25) is 0 Å². The zero-order valence-electron chi connectivity index (χ0n) is 6.51. The molecule has 3 nitrogen and oxygen atoms in total. The second kappa shape index (κ2) is 3.67. The van der Waals surface area contributed by atoms with Crippen molar-refractivity contribution in [3.05, 3.63) is 58.7 Å². The van der Waals surface area contributed by atoms with Crippen molar-refractivity contribution in [3.8, 4) is 0 Å². The van der Waals surface area contributed by atoms with Crippen LogP contribution in [0.15, 0.2) is 43.0 Å². The molecule has 0 aliphatic rings. The number of hydrogen-bond donors (Lipinski definition) is 0. The van der Waals surface area contributed by atoms with E-state index in [4.69, 9.17) is 0 Å². The fourth-order valence-corrected chi connectivity index (χ4v) is 0.994. The SMILES string of the molecule is C=CC(c1ccccc1)[N+](=O)[O-]. The molecule has 0 aliphatic heterocycles. The third kappa shape index (κ3) is 1.69. The van der Waals surface area contributed by atoms with Crippen molar-refractivity contribution in [2.24, 2.45) is 0 Å². The Labute approximate surface area is 70.5 Å². The summed E-state index contributed by atoms with van der Waals surface area (Å²) in [7, 11) is 0. The lowest BCUT2D eigenvalue weighted by Crippen LogP contribution is -2.06. The van der Waals surface area contributed by atoms with Gasteiger partial charge in [-0.3, -0.25) is 10.1 Å². The Morgan fingerprint density at radius 1 is 1.42 bits per heavy atom. The van der Waals surface area contributed by atoms with Crippen molar-refractivity contribution < 1.29 is 4.92 Å². The maximum absolute atomic E-state index is 10.5. The zero-order chi connectivity index (χ0) is 8.97. The summed E-state index contributed by atoms with van der Waals surface area (Å²) in [5.41, 5.74) is 0.664. The Morgan fingerprint density at radius 3 is 2.42 bits per heavy atom. The third-order valence-corrected chi connectivity index (χ3v) is 1.59. The van der Waals surface area contributed by atoms with E-state index in [0.717, 1.165) is 0 Å². The van der Waals surface area contributed by atoms with Crippen LogP contribution in [-0.4, -0.2) is 4.92 Å². The van der Waals surface area contributed by atoms with Crippen LogP contribution < -0.4 is 0 Å². The van der Waals surface area contributed by atoms with E-state index in [0.29, 0.717) is 5.56 Å². The molecule has 1 aromatic carbocycles. The zero-order valence-corrected chi connectivity index (χ0v) is 6.51. The van der Waals surface area contributed by atoms with Gasteiger partial charge in [-0.25, -0.2) is 0 Å². The van der Waals surface area contributed by atoms with Crippen LogP contribution in [0.5, 0.6) is 0 Å². The highest BCUT2D eigenvalue weighted by atomic mass is 16.6. The highest BCUT2D eigenvalue weighted by Gasteiger charge is 2.16. The molecule has 1 unspecified atom stereocenters. The van der Waals surface area contributed by atoms with E-state index in [2.05, 4.69) is 6.58 Å². The minimum atomic E-state index is -0.786. The van der Waals surface area contributed by atoms with Crippen molar-refractivity contribution in [2.45, 2.75) is 6.04 Å². The Balaban J connectivity index is 2.95. The second-order valence-corrected chi connectivity index (χ2v) is 2.38. The van der Waals surface area contributed by atoms with E-state index in [1.807, 2.05) is 6.07 Å². The van der Waals surface area contributed by atoms with Crippen molar-refractivity contribution in [1.29, 1.82) is 0 Å². The van der Waals surface area contributed by atoms with Gasteiger partial charge in [-0.15, -0.1) is 0 Å². The predicted octanol–water partition coefficient (Wildman–Crippen LogP) is 2.19. The summed E-state index contributed by atoms with van der Waals surface area (Å²) in [5.74, 6) is 0. The number of nitro groups is 1. The molecule has 1 rings (SSSR count). The molecule has 0 saturated heterocycles. The molecule has 0 N–H and O–H groups in total. The smallest absolute Gasteiger partial charge is 0.256 e. The molecule has 3 heteroatoms. The first kappa shape index (κ1) is 8.46. The lowest BCUT2D eigenvalue weighted by molar-refractivity contribution is -0.515. The molecule has 0 fully saturated rings. The summed E-state index contributed by atoms with van der Waals surface area (Å²) < 4.78 is 0. The first-order chi connectivity index (χ1) is 5.75. The van der Waals surface area contributed by atoms with Gasteiger partial charge in [-0.05, 0) is 6.08 Å². The number of nitrogens with zero attached hydrogens (tertiary/aromatic N) is 1. The molecule has 0 saturated carbocycles. The predicted molar refractivity (Wildman–Crippen MR) is 46.4 cm³/mol. The number of rotatable bonds is 3. The lowest BCUT2D eigenvalue weighted by atomic mass is 10.1. The molecule has 0 spiro atoms. The van der Waals surface area contributed by atoms with Gasteiger partial charge >= 0.3 is 0 Å². The van der Waals surface area contributed by atoms with Crippen molar-refractivity contribution in [2.75, 3.05) is 0 Å². The van der Waals surface area contributed by atoms with E-state index in [1.165, 1.54) is 6.08 Å². The Morgan fingerprint density at radius 2 is 2.00 bits per heavy atom. The number of hydrogen-bond acceptors (Lipinski definition) is 2. The van der Waals surface area contributed by atoms with E-state index in [-0.39, 0.29) is 4.92 Å². The van der Waals surface area contributed by atoms with Crippen LogP contribution in [-0.2, 0) is 0 Å². The molecule has 1 atom stereocenters. The first-order valence-electron chi connectivity index (χ1n) is 3.56. The normalized spacial score (nSPS) is 12.0. The number of benzene rings is 1. The molecule has 62 valence electrons. The molecule has 0 bridgehead atoms. The first-order valence-corrected chi connectivity index (χ1v) is 3.56. The fraction of sp³-hybridized carbons (Fsp3) is 0.111. The summed E-state index contributed by atoms with van der Waals surface area (Å²) in [6, 6.07) is 8.02. The monoisotopic (exact) mass is 163 g/mol. The Bertz CT molecular complexity index is 282. The van der Waals surface area contributed by atoms with Crippen LogP contribution in [0.25, 0.3) is 0 Å². The average molecular weight is 163 g/mol. The molecular formula is C9H9NO2. The molecule has 12 heavy (non-hydrogen) atoms. The van der Waals surface area contributed by atoms with E-state index in [9.17, 15) is 10.1 Å². The van der Waals surface area contributed by atoms with Gasteiger partial charge in [-0.2, -0.15) is 0 Å². The second-order valence-electron chi connectivity index (χ2n) is 2.38. The van der Waals surface area contributed by atoms with Gasteiger partial charge in [0.05, 0.1) is 0 Å². The minimum Gasteiger partial charge on any atom is -0.264 e. The summed E-state index contributed by atoms with van der Waals surface area (Å²) in [5, 5.41) is 10.5. The van der Waals surface area contributed by atoms with E-state index < -0.39 is 6.04 Å². The topological polar surface area (TPSA) is 43.1 Å². The van der Waals surface area contributed by atoms with Gasteiger partial charge < -0.3 is 0 Å². The van der Waals surface area contributed by atoms with Gasteiger partial charge in [0.15, 0.2) is 0 Å². The van der Waals surface area contributed by atoms with Crippen LogP contribution >= 0.6 is 0 Å². The van der Waals surface area contributed by atoms with E-state index >= 15 is 0 Å². The molecule has 0 aliphatic carbocycles. The van der Waals surface area contributed by atoms with Gasteiger partial charge in [-0.1, -0.05) is 36.9 Å². The largest absolute Gasteiger partial charge is 0.264 e.